The van der Waals surface area contributed by atoms with Crippen LogP contribution in [-0.4, -0.2) is 23.8 Å². The largest absolute Gasteiger partial charge is 0.468 e. The number of aromatic nitrogens is 1. The Balaban J connectivity index is 1.87. The van der Waals surface area contributed by atoms with Crippen LogP contribution in [0.25, 0.3) is 22.1 Å². The molecule has 0 amide bonds. The van der Waals surface area contributed by atoms with Crippen LogP contribution in [0.2, 0.25) is 0 Å². The summed E-state index contributed by atoms with van der Waals surface area (Å²) in [6, 6.07) is 10.5. The maximum absolute atomic E-state index is 11.6. The standard InChI is InChI=1S/C21H16N2O2S3/c1-25-18(24)12-28-21-16(11-22)19(17-5-3-9-27-17)15-7-6-13(20(15)23-21)10-14-4-2-8-26-14/h2-5,8-10H,6-7,12H2,1H3/b13-10-. The number of fused-ring (bicyclic) bond motifs is 1. The summed E-state index contributed by atoms with van der Waals surface area (Å²) in [6.07, 6.45) is 3.94. The van der Waals surface area contributed by atoms with Gasteiger partial charge in [-0.2, -0.15) is 5.26 Å². The summed E-state index contributed by atoms with van der Waals surface area (Å²) in [5.41, 5.74) is 4.77. The summed E-state index contributed by atoms with van der Waals surface area (Å²) in [7, 11) is 1.36. The van der Waals surface area contributed by atoms with Gasteiger partial charge in [-0.25, -0.2) is 4.98 Å². The van der Waals surface area contributed by atoms with Gasteiger partial charge in [-0.15, -0.1) is 22.7 Å². The number of allylic oxidation sites excluding steroid dienone is 1. The number of pyridine rings is 1. The molecule has 0 bridgehead atoms. The number of thioether (sulfide) groups is 1. The van der Waals surface area contributed by atoms with Gasteiger partial charge in [-0.1, -0.05) is 23.9 Å². The van der Waals surface area contributed by atoms with Gasteiger partial charge in [0.05, 0.1) is 24.1 Å². The zero-order chi connectivity index (χ0) is 19.5. The molecule has 7 heteroatoms. The average Bonchev–Trinajstić information content (AvgIpc) is 3.48. The molecule has 28 heavy (non-hydrogen) atoms. The van der Waals surface area contributed by atoms with Crippen molar-refractivity contribution in [3.8, 4) is 16.5 Å². The fraction of sp³-hybridized carbons (Fsp3) is 0.190. The van der Waals surface area contributed by atoms with E-state index in [0.717, 1.165) is 34.5 Å². The Morgan fingerprint density at radius 2 is 2.14 bits per heavy atom. The van der Waals surface area contributed by atoms with Crippen LogP contribution in [-0.2, 0) is 16.0 Å². The lowest BCUT2D eigenvalue weighted by molar-refractivity contribution is -0.137. The first-order valence-corrected chi connectivity index (χ1v) is 11.4. The molecule has 1 aliphatic carbocycles. The smallest absolute Gasteiger partial charge is 0.316 e. The molecule has 0 unspecified atom stereocenters. The van der Waals surface area contributed by atoms with Crippen LogP contribution in [0.15, 0.2) is 40.1 Å². The second-order valence-electron chi connectivity index (χ2n) is 6.13. The Kier molecular flexibility index (Phi) is 5.62. The van der Waals surface area contributed by atoms with Crippen molar-refractivity contribution in [1.82, 2.24) is 4.98 Å². The van der Waals surface area contributed by atoms with Crippen LogP contribution in [0, 0.1) is 11.3 Å². The molecule has 0 N–H and O–H groups in total. The van der Waals surface area contributed by atoms with Crippen LogP contribution in [0.5, 0.6) is 0 Å². The first-order valence-electron chi connectivity index (χ1n) is 8.66. The van der Waals surface area contributed by atoms with Crippen molar-refractivity contribution in [3.63, 3.8) is 0 Å². The highest BCUT2D eigenvalue weighted by molar-refractivity contribution is 7.99. The molecule has 0 atom stereocenters. The average molecular weight is 425 g/mol. The lowest BCUT2D eigenvalue weighted by atomic mass is 10.0. The predicted octanol–water partition coefficient (Wildman–Crippen LogP) is 5.50. The summed E-state index contributed by atoms with van der Waals surface area (Å²) in [5, 5.41) is 14.6. The maximum Gasteiger partial charge on any atom is 0.316 e. The molecule has 3 heterocycles. The van der Waals surface area contributed by atoms with E-state index < -0.39 is 0 Å². The van der Waals surface area contributed by atoms with Gasteiger partial charge in [0.1, 0.15) is 11.1 Å². The lowest BCUT2D eigenvalue weighted by Gasteiger charge is -2.13. The summed E-state index contributed by atoms with van der Waals surface area (Å²) in [6.45, 7) is 0. The van der Waals surface area contributed by atoms with E-state index >= 15 is 0 Å². The number of nitriles is 1. The van der Waals surface area contributed by atoms with E-state index in [2.05, 4.69) is 23.6 Å². The third kappa shape index (κ3) is 3.63. The topological polar surface area (TPSA) is 63.0 Å². The van der Waals surface area contributed by atoms with Crippen LogP contribution in [0.1, 0.15) is 28.1 Å². The maximum atomic E-state index is 11.6. The molecule has 1 aliphatic rings. The molecule has 0 saturated carbocycles. The van der Waals surface area contributed by atoms with E-state index in [1.54, 1.807) is 22.7 Å². The Hall–Kier alpha value is -2.40. The van der Waals surface area contributed by atoms with Crippen LogP contribution in [0.4, 0.5) is 0 Å². The first-order chi connectivity index (χ1) is 13.7. The van der Waals surface area contributed by atoms with Gasteiger partial charge in [0.2, 0.25) is 0 Å². The van der Waals surface area contributed by atoms with Crippen LogP contribution >= 0.6 is 34.4 Å². The zero-order valence-electron chi connectivity index (χ0n) is 15.1. The number of nitrogens with zero attached hydrogens (tertiary/aromatic N) is 2. The molecule has 3 aromatic heterocycles. The van der Waals surface area contributed by atoms with E-state index in [1.165, 1.54) is 29.3 Å². The van der Waals surface area contributed by atoms with Crippen LogP contribution < -0.4 is 0 Å². The Labute approximate surface area is 175 Å². The highest BCUT2D eigenvalue weighted by Crippen LogP contribution is 2.44. The number of esters is 1. The van der Waals surface area contributed by atoms with E-state index in [9.17, 15) is 10.1 Å². The minimum absolute atomic E-state index is 0.130. The fourth-order valence-electron chi connectivity index (χ4n) is 3.26. The minimum atomic E-state index is -0.330. The molecule has 140 valence electrons. The number of hydrogen-bond donors (Lipinski definition) is 0. The number of ether oxygens (including phenoxy) is 1. The number of carbonyl (C=O) groups excluding carboxylic acids is 1. The van der Waals surface area contributed by atoms with Crippen molar-refractivity contribution in [3.05, 3.63) is 56.7 Å². The van der Waals surface area contributed by atoms with Crippen molar-refractivity contribution in [2.45, 2.75) is 17.9 Å². The Morgan fingerprint density at radius 3 is 2.82 bits per heavy atom. The number of thiophene rings is 2. The van der Waals surface area contributed by atoms with Gasteiger partial charge in [-0.3, -0.25) is 4.79 Å². The van der Waals surface area contributed by atoms with Gasteiger partial charge in [0, 0.05) is 15.3 Å². The van der Waals surface area contributed by atoms with Gasteiger partial charge < -0.3 is 4.74 Å². The Morgan fingerprint density at radius 1 is 1.32 bits per heavy atom. The predicted molar refractivity (Wildman–Crippen MR) is 116 cm³/mol. The van der Waals surface area contributed by atoms with Crippen molar-refractivity contribution >= 4 is 52.1 Å². The molecule has 0 aliphatic heterocycles. The molecule has 3 aromatic rings. The number of hydrogen-bond acceptors (Lipinski definition) is 7. The SMILES string of the molecule is COC(=O)CSc1nc2c(c(-c3cccs3)c1C#N)CC/C2=C/c1cccs1. The van der Waals surface area contributed by atoms with Gasteiger partial charge in [0.15, 0.2) is 0 Å². The normalized spacial score (nSPS) is 14.1. The number of carbonyl (C=O) groups is 1. The molecule has 0 fully saturated rings. The molecule has 4 rings (SSSR count). The monoisotopic (exact) mass is 424 g/mol. The van der Waals surface area contributed by atoms with E-state index in [1.807, 2.05) is 23.6 Å². The van der Waals surface area contributed by atoms with Crippen molar-refractivity contribution in [2.24, 2.45) is 0 Å². The van der Waals surface area contributed by atoms with Gasteiger partial charge in [0.25, 0.3) is 0 Å². The molecule has 0 radical (unpaired) electrons. The highest BCUT2D eigenvalue weighted by atomic mass is 32.2. The highest BCUT2D eigenvalue weighted by Gasteiger charge is 2.28. The van der Waals surface area contributed by atoms with Gasteiger partial charge in [-0.05, 0) is 52.9 Å². The third-order valence-electron chi connectivity index (χ3n) is 4.51. The van der Waals surface area contributed by atoms with Crippen molar-refractivity contribution < 1.29 is 9.53 Å². The van der Waals surface area contributed by atoms with Crippen LogP contribution in [0.3, 0.4) is 0 Å². The molecule has 0 spiro atoms. The molecule has 4 nitrogen and oxygen atoms in total. The lowest BCUT2D eigenvalue weighted by Crippen LogP contribution is -2.05. The molecular formula is C21H16N2O2S3. The fourth-order valence-corrected chi connectivity index (χ4v) is 5.57. The van der Waals surface area contributed by atoms with Crippen molar-refractivity contribution in [2.75, 3.05) is 12.9 Å². The van der Waals surface area contributed by atoms with E-state index in [-0.39, 0.29) is 11.7 Å². The molecule has 0 aromatic carbocycles. The third-order valence-corrected chi connectivity index (χ3v) is 7.16. The summed E-state index contributed by atoms with van der Waals surface area (Å²) < 4.78 is 4.75. The molecule has 0 saturated heterocycles. The second kappa shape index (κ2) is 8.31. The van der Waals surface area contributed by atoms with E-state index in [4.69, 9.17) is 9.72 Å². The quantitative estimate of drug-likeness (QED) is 0.400. The number of methoxy groups -OCH3 is 1. The second-order valence-corrected chi connectivity index (χ2v) is 9.02. The van der Waals surface area contributed by atoms with Gasteiger partial charge >= 0.3 is 5.97 Å². The first kappa shape index (κ1) is 18.9. The van der Waals surface area contributed by atoms with E-state index in [0.29, 0.717) is 10.6 Å². The zero-order valence-corrected chi connectivity index (χ0v) is 17.5. The summed E-state index contributed by atoms with van der Waals surface area (Å²) >= 11 is 4.58. The summed E-state index contributed by atoms with van der Waals surface area (Å²) in [5.74, 6) is -0.201. The molecular weight excluding hydrogens is 408 g/mol. The van der Waals surface area contributed by atoms with Crippen molar-refractivity contribution in [1.29, 1.82) is 5.26 Å². The number of rotatable bonds is 5. The Bertz CT molecular complexity index is 1080. The summed E-state index contributed by atoms with van der Waals surface area (Å²) in [4.78, 5) is 18.7. The minimum Gasteiger partial charge on any atom is -0.468 e.